The molecule has 2 atom stereocenters. The number of hydrogen-bond acceptors (Lipinski definition) is 4. The molecule has 1 fully saturated rings. The van der Waals surface area contributed by atoms with Crippen molar-refractivity contribution in [1.29, 1.82) is 0 Å². The maximum Gasteiger partial charge on any atom is 0.243 e. The maximum absolute atomic E-state index is 12.3. The van der Waals surface area contributed by atoms with Gasteiger partial charge in [-0.1, -0.05) is 23.2 Å². The summed E-state index contributed by atoms with van der Waals surface area (Å²) in [6.07, 6.45) is 2.09. The Bertz CT molecular complexity index is 542. The highest BCUT2D eigenvalue weighted by molar-refractivity contribution is 7.89. The van der Waals surface area contributed by atoms with Gasteiger partial charge in [-0.05, 0) is 44.8 Å². The van der Waals surface area contributed by atoms with E-state index in [4.69, 9.17) is 23.2 Å². The summed E-state index contributed by atoms with van der Waals surface area (Å²) in [4.78, 5) is 0.0692. The minimum Gasteiger partial charge on any atom is -0.316 e. The fourth-order valence-electron chi connectivity index (χ4n) is 2.22. The molecule has 0 bridgehead atoms. The first-order valence-electron chi connectivity index (χ1n) is 6.08. The SMILES string of the molecule is CC(NS(=O)(=O)c1cc(Cl)sc1Cl)C1CCCNC1.Cl. The Balaban J connectivity index is 0.00000200. The molecule has 2 heterocycles. The lowest BCUT2D eigenvalue weighted by Gasteiger charge is -2.28. The van der Waals surface area contributed by atoms with Crippen LogP contribution in [-0.2, 0) is 10.0 Å². The number of thiophene rings is 1. The van der Waals surface area contributed by atoms with Gasteiger partial charge < -0.3 is 5.32 Å². The largest absolute Gasteiger partial charge is 0.316 e. The van der Waals surface area contributed by atoms with E-state index in [1.807, 2.05) is 6.92 Å². The molecule has 0 amide bonds. The molecule has 20 heavy (non-hydrogen) atoms. The van der Waals surface area contributed by atoms with Gasteiger partial charge in [0.2, 0.25) is 10.0 Å². The van der Waals surface area contributed by atoms with Gasteiger partial charge in [0.05, 0.1) is 4.34 Å². The predicted molar refractivity (Wildman–Crippen MR) is 87.0 cm³/mol. The van der Waals surface area contributed by atoms with Crippen LogP contribution in [0.5, 0.6) is 0 Å². The number of rotatable bonds is 4. The van der Waals surface area contributed by atoms with E-state index in [-0.39, 0.29) is 27.7 Å². The topological polar surface area (TPSA) is 58.2 Å². The number of piperidine rings is 1. The van der Waals surface area contributed by atoms with Crippen molar-refractivity contribution in [1.82, 2.24) is 10.0 Å². The molecule has 116 valence electrons. The van der Waals surface area contributed by atoms with Crippen molar-refractivity contribution in [2.45, 2.75) is 30.7 Å². The second kappa shape index (κ2) is 7.63. The minimum absolute atomic E-state index is 0. The smallest absolute Gasteiger partial charge is 0.243 e. The first-order chi connectivity index (χ1) is 8.90. The van der Waals surface area contributed by atoms with Crippen molar-refractivity contribution >= 4 is 57.0 Å². The van der Waals surface area contributed by atoms with Crippen LogP contribution in [0, 0.1) is 5.92 Å². The Morgan fingerprint density at radius 2 is 2.20 bits per heavy atom. The Morgan fingerprint density at radius 1 is 1.50 bits per heavy atom. The Hall–Kier alpha value is 0.440. The third-order valence-corrected chi connectivity index (χ3v) is 6.61. The molecule has 0 aliphatic carbocycles. The number of halogens is 3. The second-order valence-electron chi connectivity index (χ2n) is 4.70. The van der Waals surface area contributed by atoms with E-state index < -0.39 is 10.0 Å². The van der Waals surface area contributed by atoms with Crippen LogP contribution in [-0.4, -0.2) is 27.5 Å². The van der Waals surface area contributed by atoms with Gasteiger partial charge in [-0.2, -0.15) is 0 Å². The highest BCUT2D eigenvalue weighted by Gasteiger charge is 2.27. The van der Waals surface area contributed by atoms with Gasteiger partial charge in [-0.15, -0.1) is 23.7 Å². The molecule has 0 aromatic carbocycles. The molecule has 9 heteroatoms. The van der Waals surface area contributed by atoms with E-state index in [1.165, 1.54) is 6.07 Å². The van der Waals surface area contributed by atoms with Crippen LogP contribution in [0.1, 0.15) is 19.8 Å². The maximum atomic E-state index is 12.3. The van der Waals surface area contributed by atoms with Crippen LogP contribution < -0.4 is 10.0 Å². The number of nitrogens with one attached hydrogen (secondary N) is 2. The van der Waals surface area contributed by atoms with E-state index >= 15 is 0 Å². The molecule has 1 saturated heterocycles. The normalized spacial score (nSPS) is 21.2. The summed E-state index contributed by atoms with van der Waals surface area (Å²) in [6, 6.07) is 1.26. The van der Waals surface area contributed by atoms with E-state index in [9.17, 15) is 8.42 Å². The molecule has 4 nitrogen and oxygen atoms in total. The van der Waals surface area contributed by atoms with Gasteiger partial charge in [0.25, 0.3) is 0 Å². The van der Waals surface area contributed by atoms with E-state index in [0.29, 0.717) is 10.3 Å². The van der Waals surface area contributed by atoms with Crippen molar-refractivity contribution in [2.75, 3.05) is 13.1 Å². The third kappa shape index (κ3) is 4.47. The van der Waals surface area contributed by atoms with Gasteiger partial charge in [-0.3, -0.25) is 0 Å². The Labute approximate surface area is 139 Å². The van der Waals surface area contributed by atoms with Crippen molar-refractivity contribution in [3.8, 4) is 0 Å². The Kier molecular flexibility index (Phi) is 7.05. The molecule has 2 unspecified atom stereocenters. The van der Waals surface area contributed by atoms with Crippen LogP contribution >= 0.6 is 46.9 Å². The van der Waals surface area contributed by atoms with Gasteiger partial charge in [0, 0.05) is 6.04 Å². The van der Waals surface area contributed by atoms with Gasteiger partial charge in [0.1, 0.15) is 9.23 Å². The molecular weight excluding hydrogens is 363 g/mol. The monoisotopic (exact) mass is 378 g/mol. The van der Waals surface area contributed by atoms with Gasteiger partial charge in [0.15, 0.2) is 0 Å². The van der Waals surface area contributed by atoms with E-state index in [0.717, 1.165) is 37.3 Å². The molecule has 1 aliphatic rings. The van der Waals surface area contributed by atoms with Crippen molar-refractivity contribution in [2.24, 2.45) is 5.92 Å². The lowest BCUT2D eigenvalue weighted by atomic mass is 9.94. The van der Waals surface area contributed by atoms with E-state index in [2.05, 4.69) is 10.0 Å². The molecular formula is C11H17Cl3N2O2S2. The second-order valence-corrected chi connectivity index (χ2v) is 8.67. The summed E-state index contributed by atoms with van der Waals surface area (Å²) in [5.74, 6) is 0.302. The summed E-state index contributed by atoms with van der Waals surface area (Å²) in [6.45, 7) is 3.72. The summed E-state index contributed by atoms with van der Waals surface area (Å²) in [7, 11) is -3.60. The van der Waals surface area contributed by atoms with Crippen molar-refractivity contribution in [3.63, 3.8) is 0 Å². The average Bonchev–Trinajstić information content (AvgIpc) is 2.70. The van der Waals surface area contributed by atoms with Crippen LogP contribution in [0.25, 0.3) is 0 Å². The first kappa shape index (κ1) is 18.5. The third-order valence-electron chi connectivity index (χ3n) is 3.30. The van der Waals surface area contributed by atoms with Gasteiger partial charge >= 0.3 is 0 Å². The average molecular weight is 380 g/mol. The fraction of sp³-hybridized carbons (Fsp3) is 0.636. The van der Waals surface area contributed by atoms with Crippen LogP contribution in [0.15, 0.2) is 11.0 Å². The molecule has 1 aliphatic heterocycles. The van der Waals surface area contributed by atoms with E-state index in [1.54, 1.807) is 0 Å². The summed E-state index contributed by atoms with van der Waals surface area (Å²) < 4.78 is 27.8. The van der Waals surface area contributed by atoms with Crippen LogP contribution in [0.3, 0.4) is 0 Å². The highest BCUT2D eigenvalue weighted by Crippen LogP contribution is 2.34. The molecule has 1 aromatic rings. The highest BCUT2D eigenvalue weighted by atomic mass is 35.5. The van der Waals surface area contributed by atoms with Gasteiger partial charge in [-0.25, -0.2) is 13.1 Å². The quantitative estimate of drug-likeness (QED) is 0.845. The molecule has 0 spiro atoms. The van der Waals surface area contributed by atoms with Crippen molar-refractivity contribution in [3.05, 3.63) is 14.7 Å². The van der Waals surface area contributed by atoms with Crippen LogP contribution in [0.4, 0.5) is 0 Å². The number of hydrogen-bond donors (Lipinski definition) is 2. The zero-order valence-electron chi connectivity index (χ0n) is 10.9. The molecule has 2 N–H and O–H groups in total. The summed E-state index contributed by atoms with van der Waals surface area (Å²) in [5, 5.41) is 3.28. The lowest BCUT2D eigenvalue weighted by molar-refractivity contribution is 0.320. The molecule has 0 radical (unpaired) electrons. The zero-order chi connectivity index (χ0) is 14.0. The predicted octanol–water partition coefficient (Wildman–Crippen LogP) is 3.14. The first-order valence-corrected chi connectivity index (χ1v) is 9.13. The van der Waals surface area contributed by atoms with Crippen molar-refractivity contribution < 1.29 is 8.42 Å². The minimum atomic E-state index is -3.60. The molecule has 0 saturated carbocycles. The van der Waals surface area contributed by atoms with Crippen LogP contribution in [0.2, 0.25) is 8.67 Å². The standard InChI is InChI=1S/C11H16Cl2N2O2S2.ClH/c1-7(8-3-2-4-14-6-8)15-19(16,17)9-5-10(12)18-11(9)13;/h5,7-8,14-15H,2-4,6H2,1H3;1H. The lowest BCUT2D eigenvalue weighted by Crippen LogP contribution is -2.44. The number of sulfonamides is 1. The fourth-order valence-corrected chi connectivity index (χ4v) is 5.68. The zero-order valence-corrected chi connectivity index (χ0v) is 14.8. The Morgan fingerprint density at radius 3 is 2.70 bits per heavy atom. The summed E-state index contributed by atoms with van der Waals surface area (Å²) >= 11 is 12.7. The molecule has 1 aromatic heterocycles. The molecule has 2 rings (SSSR count). The summed E-state index contributed by atoms with van der Waals surface area (Å²) in [5.41, 5.74) is 0.